The van der Waals surface area contributed by atoms with Crippen molar-refractivity contribution in [2.75, 3.05) is 0 Å². The van der Waals surface area contributed by atoms with E-state index in [1.54, 1.807) is 0 Å². The first-order valence-corrected chi connectivity index (χ1v) is 4.55. The van der Waals surface area contributed by atoms with Crippen molar-refractivity contribution in [1.82, 2.24) is 5.06 Å². The van der Waals surface area contributed by atoms with Gasteiger partial charge in [-0.25, -0.2) is 5.06 Å². The quantitative estimate of drug-likeness (QED) is 0.383. The standard InChI is InChI=1S/C9H17NO4/c1-6(2)4-8(9(12)13)7(3)10(14)5-11/h5-8,14H,4H2,1-3H3,(H,12,13)/t7-,8+/m0/s1. The van der Waals surface area contributed by atoms with E-state index in [4.69, 9.17) is 10.3 Å². The van der Waals surface area contributed by atoms with E-state index in [1.807, 2.05) is 13.8 Å². The molecular weight excluding hydrogens is 186 g/mol. The Morgan fingerprint density at radius 2 is 1.93 bits per heavy atom. The van der Waals surface area contributed by atoms with Crippen LogP contribution in [0.5, 0.6) is 0 Å². The first-order chi connectivity index (χ1) is 6.40. The molecule has 2 N–H and O–H groups in total. The second kappa shape index (κ2) is 5.59. The van der Waals surface area contributed by atoms with Crippen molar-refractivity contribution >= 4 is 12.4 Å². The third-order valence-corrected chi connectivity index (χ3v) is 2.15. The summed E-state index contributed by atoms with van der Waals surface area (Å²) in [5, 5.41) is 18.3. The molecule has 1 amide bonds. The number of carbonyl (C=O) groups excluding carboxylic acids is 1. The molecule has 0 saturated carbocycles. The molecule has 0 aliphatic rings. The average Bonchev–Trinajstić information content (AvgIpc) is 2.11. The van der Waals surface area contributed by atoms with Gasteiger partial charge in [0, 0.05) is 0 Å². The van der Waals surface area contributed by atoms with Crippen LogP contribution in [0.4, 0.5) is 0 Å². The maximum atomic E-state index is 10.8. The molecule has 0 aliphatic carbocycles. The summed E-state index contributed by atoms with van der Waals surface area (Å²) in [4.78, 5) is 21.1. The summed E-state index contributed by atoms with van der Waals surface area (Å²) in [5.41, 5.74) is 0. The molecule has 0 rings (SSSR count). The minimum absolute atomic E-state index is 0.207. The SMILES string of the molecule is CC(C)C[C@@H](C(=O)O)[C@H](C)N(O)C=O. The lowest BCUT2D eigenvalue weighted by Gasteiger charge is -2.25. The van der Waals surface area contributed by atoms with E-state index >= 15 is 0 Å². The summed E-state index contributed by atoms with van der Waals surface area (Å²) in [6.45, 7) is 5.30. The molecule has 5 nitrogen and oxygen atoms in total. The molecule has 0 aromatic heterocycles. The predicted octanol–water partition coefficient (Wildman–Crippen LogP) is 0.969. The van der Waals surface area contributed by atoms with Gasteiger partial charge in [0.15, 0.2) is 0 Å². The maximum absolute atomic E-state index is 10.8. The fraction of sp³-hybridized carbons (Fsp3) is 0.778. The molecule has 0 radical (unpaired) electrons. The number of hydrogen-bond acceptors (Lipinski definition) is 3. The zero-order valence-corrected chi connectivity index (χ0v) is 8.67. The number of hydroxylamine groups is 2. The number of nitrogens with zero attached hydrogens (tertiary/aromatic N) is 1. The molecule has 0 heterocycles. The summed E-state index contributed by atoms with van der Waals surface area (Å²) < 4.78 is 0. The van der Waals surface area contributed by atoms with Gasteiger partial charge in [0.05, 0.1) is 12.0 Å². The lowest BCUT2D eigenvalue weighted by atomic mass is 9.91. The number of carboxylic acids is 1. The summed E-state index contributed by atoms with van der Waals surface area (Å²) in [7, 11) is 0. The van der Waals surface area contributed by atoms with Crippen LogP contribution in [-0.2, 0) is 9.59 Å². The molecule has 14 heavy (non-hydrogen) atoms. The Morgan fingerprint density at radius 1 is 1.43 bits per heavy atom. The van der Waals surface area contributed by atoms with Crippen LogP contribution >= 0.6 is 0 Å². The van der Waals surface area contributed by atoms with Gasteiger partial charge in [-0.2, -0.15) is 0 Å². The summed E-state index contributed by atoms with van der Waals surface area (Å²) in [6, 6.07) is -0.701. The topological polar surface area (TPSA) is 77.8 Å². The third-order valence-electron chi connectivity index (χ3n) is 2.15. The van der Waals surface area contributed by atoms with Crippen LogP contribution in [0.3, 0.4) is 0 Å². The van der Waals surface area contributed by atoms with Gasteiger partial charge >= 0.3 is 5.97 Å². The number of aliphatic carboxylic acids is 1. The molecule has 0 aromatic rings. The molecule has 2 atom stereocenters. The van der Waals surface area contributed by atoms with Gasteiger partial charge in [-0.05, 0) is 19.3 Å². The van der Waals surface area contributed by atoms with Crippen LogP contribution in [-0.4, -0.2) is 33.8 Å². The molecule has 82 valence electrons. The monoisotopic (exact) mass is 203 g/mol. The first-order valence-electron chi connectivity index (χ1n) is 4.55. The van der Waals surface area contributed by atoms with Crippen molar-refractivity contribution in [1.29, 1.82) is 0 Å². The number of hydrogen-bond donors (Lipinski definition) is 2. The second-order valence-corrected chi connectivity index (χ2v) is 3.80. The molecule has 0 spiro atoms. The minimum Gasteiger partial charge on any atom is -0.481 e. The van der Waals surface area contributed by atoms with Crippen LogP contribution in [0.25, 0.3) is 0 Å². The van der Waals surface area contributed by atoms with Gasteiger partial charge in [0.2, 0.25) is 6.41 Å². The third kappa shape index (κ3) is 3.74. The molecule has 5 heteroatoms. The fourth-order valence-electron chi connectivity index (χ4n) is 1.29. The van der Waals surface area contributed by atoms with Gasteiger partial charge in [0.1, 0.15) is 0 Å². The summed E-state index contributed by atoms with van der Waals surface area (Å²) >= 11 is 0. The van der Waals surface area contributed by atoms with Gasteiger partial charge in [-0.3, -0.25) is 14.8 Å². The van der Waals surface area contributed by atoms with Gasteiger partial charge in [-0.15, -0.1) is 0 Å². The van der Waals surface area contributed by atoms with Gasteiger partial charge in [0.25, 0.3) is 0 Å². The van der Waals surface area contributed by atoms with Crippen molar-refractivity contribution in [3.63, 3.8) is 0 Å². The van der Waals surface area contributed by atoms with Crippen molar-refractivity contribution in [3.05, 3.63) is 0 Å². The Balaban J connectivity index is 4.48. The normalized spacial score (nSPS) is 14.9. The van der Waals surface area contributed by atoms with Crippen LogP contribution in [0.2, 0.25) is 0 Å². The highest BCUT2D eigenvalue weighted by atomic mass is 16.5. The van der Waals surface area contributed by atoms with Gasteiger partial charge < -0.3 is 5.11 Å². The summed E-state index contributed by atoms with van der Waals surface area (Å²) in [6.07, 6.45) is 0.655. The first kappa shape index (κ1) is 12.9. The number of amides is 1. The van der Waals surface area contributed by atoms with Crippen molar-refractivity contribution in [2.45, 2.75) is 33.2 Å². The zero-order chi connectivity index (χ0) is 11.3. The maximum Gasteiger partial charge on any atom is 0.308 e. The molecule has 0 saturated heterocycles. The molecule has 0 bridgehead atoms. The predicted molar refractivity (Wildman–Crippen MR) is 49.7 cm³/mol. The van der Waals surface area contributed by atoms with Crippen LogP contribution in [0.1, 0.15) is 27.2 Å². The van der Waals surface area contributed by atoms with Crippen LogP contribution in [0.15, 0.2) is 0 Å². The van der Waals surface area contributed by atoms with E-state index in [0.717, 1.165) is 0 Å². The lowest BCUT2D eigenvalue weighted by Crippen LogP contribution is -2.39. The highest BCUT2D eigenvalue weighted by Crippen LogP contribution is 2.18. The van der Waals surface area contributed by atoms with E-state index in [-0.39, 0.29) is 12.3 Å². The number of carbonyl (C=O) groups is 2. The van der Waals surface area contributed by atoms with E-state index in [9.17, 15) is 9.59 Å². The Labute approximate surface area is 83.3 Å². The fourth-order valence-corrected chi connectivity index (χ4v) is 1.29. The molecular formula is C9H17NO4. The highest BCUT2D eigenvalue weighted by Gasteiger charge is 2.28. The lowest BCUT2D eigenvalue weighted by molar-refractivity contribution is -0.170. The highest BCUT2D eigenvalue weighted by molar-refractivity contribution is 5.71. The second-order valence-electron chi connectivity index (χ2n) is 3.80. The zero-order valence-electron chi connectivity index (χ0n) is 8.67. The van der Waals surface area contributed by atoms with E-state index < -0.39 is 17.9 Å². The van der Waals surface area contributed by atoms with Crippen molar-refractivity contribution < 1.29 is 19.9 Å². The molecule has 0 unspecified atom stereocenters. The number of carboxylic acid groups (broad SMARTS) is 1. The largest absolute Gasteiger partial charge is 0.481 e. The van der Waals surface area contributed by atoms with Crippen molar-refractivity contribution in [2.24, 2.45) is 11.8 Å². The van der Waals surface area contributed by atoms with E-state index in [2.05, 4.69) is 0 Å². The minimum atomic E-state index is -0.993. The van der Waals surface area contributed by atoms with Crippen LogP contribution in [0, 0.1) is 11.8 Å². The van der Waals surface area contributed by atoms with Crippen molar-refractivity contribution in [3.8, 4) is 0 Å². The van der Waals surface area contributed by atoms with Crippen LogP contribution < -0.4 is 0 Å². The molecule has 0 aromatic carbocycles. The Bertz CT molecular complexity index is 205. The Morgan fingerprint density at radius 3 is 2.21 bits per heavy atom. The Kier molecular flexibility index (Phi) is 5.15. The smallest absolute Gasteiger partial charge is 0.308 e. The van der Waals surface area contributed by atoms with E-state index in [0.29, 0.717) is 11.5 Å². The Hall–Kier alpha value is -1.10. The number of rotatable bonds is 6. The molecule has 0 fully saturated rings. The summed E-state index contributed by atoms with van der Waals surface area (Å²) in [5.74, 6) is -1.52. The van der Waals surface area contributed by atoms with E-state index in [1.165, 1.54) is 6.92 Å². The van der Waals surface area contributed by atoms with Gasteiger partial charge in [-0.1, -0.05) is 13.8 Å². The average molecular weight is 203 g/mol. The molecule has 0 aliphatic heterocycles.